The summed E-state index contributed by atoms with van der Waals surface area (Å²) < 4.78 is 2.99. The molecule has 7 heteroatoms. The molecule has 0 aliphatic carbocycles. The fraction of sp³-hybridized carbons (Fsp3) is 0.385. The van der Waals surface area contributed by atoms with Crippen LogP contribution in [0.15, 0.2) is 39.8 Å². The molecule has 3 N–H and O–H groups in total. The summed E-state index contributed by atoms with van der Waals surface area (Å²) in [4.78, 5) is 1.21. The summed E-state index contributed by atoms with van der Waals surface area (Å²) in [6.07, 6.45) is 2.80. The highest BCUT2D eigenvalue weighted by molar-refractivity contribution is 9.10. The first kappa shape index (κ1) is 15.5. The second kappa shape index (κ2) is 7.78. The number of hydrogen-bond acceptors (Lipinski definition) is 5. The van der Waals surface area contributed by atoms with Crippen LogP contribution in [0.5, 0.6) is 0 Å². The van der Waals surface area contributed by atoms with Crippen LogP contribution in [-0.2, 0) is 6.54 Å². The minimum atomic E-state index is 0.0326. The van der Waals surface area contributed by atoms with Crippen LogP contribution in [0.3, 0.4) is 0 Å². The second-order valence-electron chi connectivity index (χ2n) is 4.37. The molecule has 0 fully saturated rings. The molecule has 1 aromatic heterocycles. The van der Waals surface area contributed by atoms with Gasteiger partial charge in [-0.15, -0.1) is 16.9 Å². The Hall–Kier alpha value is -0.890. The Bertz CT molecular complexity index is 528. The zero-order valence-electron chi connectivity index (χ0n) is 11.3. The van der Waals surface area contributed by atoms with Crippen molar-refractivity contribution < 1.29 is 0 Å². The van der Waals surface area contributed by atoms with Gasteiger partial charge >= 0.3 is 0 Å². The molecule has 0 spiro atoms. The zero-order chi connectivity index (χ0) is 14.4. The Labute approximate surface area is 131 Å². The molecule has 5 nitrogen and oxygen atoms in total. The monoisotopic (exact) mass is 355 g/mol. The maximum absolute atomic E-state index is 5.68. The van der Waals surface area contributed by atoms with Crippen molar-refractivity contribution in [1.82, 2.24) is 20.4 Å². The van der Waals surface area contributed by atoms with Crippen LogP contribution in [0.25, 0.3) is 0 Å². The fourth-order valence-corrected chi connectivity index (χ4v) is 3.07. The number of nitrogens with two attached hydrogens (primary N) is 1. The minimum absolute atomic E-state index is 0.0326. The van der Waals surface area contributed by atoms with Crippen LogP contribution in [-0.4, -0.2) is 20.7 Å². The van der Waals surface area contributed by atoms with E-state index in [1.54, 1.807) is 18.0 Å². The van der Waals surface area contributed by atoms with Gasteiger partial charge in [0.15, 0.2) is 0 Å². The quantitative estimate of drug-likeness (QED) is 0.454. The lowest BCUT2D eigenvalue weighted by molar-refractivity contribution is 0.501. The molecule has 0 amide bonds. The van der Waals surface area contributed by atoms with Crippen molar-refractivity contribution in [3.05, 3.63) is 40.6 Å². The molecule has 0 aliphatic heterocycles. The van der Waals surface area contributed by atoms with Crippen LogP contribution in [0.2, 0.25) is 0 Å². The number of hydrazine groups is 1. The molecule has 0 aliphatic rings. The summed E-state index contributed by atoms with van der Waals surface area (Å²) in [6, 6.07) is 8.28. The molecule has 0 bridgehead atoms. The van der Waals surface area contributed by atoms with Crippen molar-refractivity contribution in [3.8, 4) is 0 Å². The van der Waals surface area contributed by atoms with Crippen molar-refractivity contribution >= 4 is 27.7 Å². The van der Waals surface area contributed by atoms with Crippen molar-refractivity contribution in [3.63, 3.8) is 0 Å². The van der Waals surface area contributed by atoms with E-state index in [0.717, 1.165) is 28.9 Å². The number of halogens is 1. The van der Waals surface area contributed by atoms with Gasteiger partial charge in [0.25, 0.3) is 0 Å². The van der Waals surface area contributed by atoms with Gasteiger partial charge in [0, 0.05) is 21.7 Å². The van der Waals surface area contributed by atoms with E-state index in [1.165, 1.54) is 4.90 Å². The summed E-state index contributed by atoms with van der Waals surface area (Å²) in [7, 11) is 0. The molecule has 1 heterocycles. The van der Waals surface area contributed by atoms with Gasteiger partial charge in [-0.2, -0.15) is 0 Å². The molecule has 2 aromatic rings. The van der Waals surface area contributed by atoms with E-state index in [-0.39, 0.29) is 6.04 Å². The van der Waals surface area contributed by atoms with Crippen LogP contribution in [0.1, 0.15) is 25.1 Å². The summed E-state index contributed by atoms with van der Waals surface area (Å²) >= 11 is 5.19. The van der Waals surface area contributed by atoms with E-state index < -0.39 is 0 Å². The topological polar surface area (TPSA) is 68.8 Å². The van der Waals surface area contributed by atoms with Crippen molar-refractivity contribution in [2.24, 2.45) is 5.84 Å². The van der Waals surface area contributed by atoms with Crippen molar-refractivity contribution in [2.75, 3.05) is 5.75 Å². The molecular formula is C13H18BrN5S. The van der Waals surface area contributed by atoms with Gasteiger partial charge in [-0.25, -0.2) is 4.68 Å². The normalized spacial score (nSPS) is 12.6. The van der Waals surface area contributed by atoms with Crippen LogP contribution in [0, 0.1) is 0 Å². The first-order valence-electron chi connectivity index (χ1n) is 6.47. The third kappa shape index (κ3) is 4.05. The van der Waals surface area contributed by atoms with Gasteiger partial charge in [0.05, 0.1) is 17.9 Å². The maximum atomic E-state index is 5.68. The zero-order valence-corrected chi connectivity index (χ0v) is 13.7. The van der Waals surface area contributed by atoms with Crippen molar-refractivity contribution in [2.45, 2.75) is 30.8 Å². The molecule has 2 rings (SSSR count). The molecule has 0 radical (unpaired) electrons. The number of aryl methyl sites for hydroxylation is 1. The van der Waals surface area contributed by atoms with E-state index in [4.69, 9.17) is 5.84 Å². The molecular weight excluding hydrogens is 338 g/mol. The van der Waals surface area contributed by atoms with E-state index >= 15 is 0 Å². The van der Waals surface area contributed by atoms with Crippen LogP contribution < -0.4 is 11.3 Å². The third-order valence-corrected chi connectivity index (χ3v) is 4.51. The third-order valence-electron chi connectivity index (χ3n) is 2.87. The van der Waals surface area contributed by atoms with E-state index in [1.807, 2.05) is 16.8 Å². The van der Waals surface area contributed by atoms with E-state index in [0.29, 0.717) is 0 Å². The highest BCUT2D eigenvalue weighted by Crippen LogP contribution is 2.25. The predicted octanol–water partition coefficient (Wildman–Crippen LogP) is 2.75. The Morgan fingerprint density at radius 2 is 2.15 bits per heavy atom. The smallest absolute Gasteiger partial charge is 0.0778 e. The molecule has 1 atom stereocenters. The van der Waals surface area contributed by atoms with Crippen LogP contribution >= 0.6 is 27.7 Å². The Kier molecular flexibility index (Phi) is 6.03. The van der Waals surface area contributed by atoms with Gasteiger partial charge < -0.3 is 0 Å². The lowest BCUT2D eigenvalue weighted by Crippen LogP contribution is -2.31. The molecule has 1 aromatic carbocycles. The molecule has 0 saturated carbocycles. The molecule has 108 valence electrons. The molecule has 20 heavy (non-hydrogen) atoms. The lowest BCUT2D eigenvalue weighted by atomic mass is 10.2. The summed E-state index contributed by atoms with van der Waals surface area (Å²) in [5.74, 6) is 6.51. The number of rotatable bonds is 7. The SMILES string of the molecule is CCCn1nncc1C(CSc1ccc(Br)cc1)NN. The van der Waals surface area contributed by atoms with Crippen molar-refractivity contribution in [1.29, 1.82) is 0 Å². The standard InChI is InChI=1S/C13H18BrN5S/c1-2-7-19-13(8-16-18-19)12(17-15)9-20-11-5-3-10(14)4-6-11/h3-6,8,12,17H,2,7,9,15H2,1H3. The van der Waals surface area contributed by atoms with Gasteiger partial charge in [0.2, 0.25) is 0 Å². The van der Waals surface area contributed by atoms with Gasteiger partial charge in [-0.05, 0) is 30.7 Å². The van der Waals surface area contributed by atoms with Gasteiger partial charge in [-0.3, -0.25) is 11.3 Å². The average molecular weight is 356 g/mol. The minimum Gasteiger partial charge on any atom is -0.271 e. The average Bonchev–Trinajstić information content (AvgIpc) is 2.90. The largest absolute Gasteiger partial charge is 0.271 e. The van der Waals surface area contributed by atoms with E-state index in [2.05, 4.69) is 50.7 Å². The van der Waals surface area contributed by atoms with E-state index in [9.17, 15) is 0 Å². The first-order chi connectivity index (χ1) is 9.74. The number of hydrogen-bond donors (Lipinski definition) is 2. The van der Waals surface area contributed by atoms with Crippen LogP contribution in [0.4, 0.5) is 0 Å². The summed E-state index contributed by atoms with van der Waals surface area (Å²) in [5, 5.41) is 8.08. The number of aromatic nitrogens is 3. The Balaban J connectivity index is 2.01. The second-order valence-corrected chi connectivity index (χ2v) is 6.38. The first-order valence-corrected chi connectivity index (χ1v) is 8.25. The number of benzene rings is 1. The fourth-order valence-electron chi connectivity index (χ4n) is 1.85. The predicted molar refractivity (Wildman–Crippen MR) is 85.2 cm³/mol. The maximum Gasteiger partial charge on any atom is 0.0778 e. The van der Waals surface area contributed by atoms with Gasteiger partial charge in [-0.1, -0.05) is 28.1 Å². The lowest BCUT2D eigenvalue weighted by Gasteiger charge is -2.16. The highest BCUT2D eigenvalue weighted by atomic mass is 79.9. The Morgan fingerprint density at radius 1 is 1.40 bits per heavy atom. The number of thioether (sulfide) groups is 1. The summed E-state index contributed by atoms with van der Waals surface area (Å²) in [5.41, 5.74) is 3.88. The molecule has 1 unspecified atom stereocenters. The number of nitrogens with one attached hydrogen (secondary N) is 1. The highest BCUT2D eigenvalue weighted by Gasteiger charge is 2.15. The van der Waals surface area contributed by atoms with Gasteiger partial charge in [0.1, 0.15) is 0 Å². The summed E-state index contributed by atoms with van der Waals surface area (Å²) in [6.45, 7) is 2.98. The Morgan fingerprint density at radius 3 is 2.80 bits per heavy atom. The molecule has 0 saturated heterocycles. The number of nitrogens with zero attached hydrogens (tertiary/aromatic N) is 3.